The van der Waals surface area contributed by atoms with Gasteiger partial charge in [0.15, 0.2) is 0 Å². The van der Waals surface area contributed by atoms with Crippen molar-refractivity contribution in [3.05, 3.63) is 11.2 Å². The maximum atomic E-state index is 4.00. The maximum absolute atomic E-state index is 4.00. The molecule has 0 spiro atoms. The van der Waals surface area contributed by atoms with Gasteiger partial charge in [0, 0.05) is 25.2 Å². The number of nitrogens with one attached hydrogen (secondary N) is 2. The molecule has 0 unspecified atom stereocenters. The standard InChI is InChI=1S/C3H7N3S2/c1-4-3-2-5-6(7)8-3/h2,4-5,7H,1H3. The predicted octanol–water partition coefficient (Wildman–Crippen LogP) is 0.318. The number of hydrogen-bond donors (Lipinski definition) is 3. The third-order valence-corrected chi connectivity index (χ3v) is 1.89. The van der Waals surface area contributed by atoms with E-state index in [1.54, 1.807) is 3.82 Å². The van der Waals surface area contributed by atoms with E-state index in [2.05, 4.69) is 23.6 Å². The lowest BCUT2D eigenvalue weighted by atomic mass is 10.9. The van der Waals surface area contributed by atoms with Gasteiger partial charge in [-0.05, 0) is 0 Å². The van der Waals surface area contributed by atoms with Crippen LogP contribution in [0.5, 0.6) is 0 Å². The number of hydrogen-bond acceptors (Lipinski definition) is 5. The summed E-state index contributed by atoms with van der Waals surface area (Å²) >= 11 is 5.50. The molecule has 0 aliphatic carbocycles. The molecule has 0 aromatic heterocycles. The van der Waals surface area contributed by atoms with Gasteiger partial charge in [-0.1, -0.05) is 12.8 Å². The molecule has 0 bridgehead atoms. The first-order valence-corrected chi connectivity index (χ1v) is 3.31. The Kier molecular flexibility index (Phi) is 1.93. The van der Waals surface area contributed by atoms with E-state index < -0.39 is 0 Å². The largest absolute Gasteiger partial charge is 0.381 e. The first kappa shape index (κ1) is 6.12. The van der Waals surface area contributed by atoms with Gasteiger partial charge >= 0.3 is 0 Å². The van der Waals surface area contributed by atoms with Crippen molar-refractivity contribution >= 4 is 24.8 Å². The van der Waals surface area contributed by atoms with E-state index in [-0.39, 0.29) is 0 Å². The molecule has 0 atom stereocenters. The molecule has 0 amide bonds. The Morgan fingerprint density at radius 3 is 3.00 bits per heavy atom. The highest BCUT2D eigenvalue weighted by molar-refractivity contribution is 8.08. The maximum Gasteiger partial charge on any atom is 0.103 e. The fourth-order valence-electron chi connectivity index (χ4n) is 0.378. The van der Waals surface area contributed by atoms with E-state index in [1.165, 1.54) is 11.9 Å². The highest BCUT2D eigenvalue weighted by atomic mass is 32.2. The Balaban J connectivity index is 2.37. The van der Waals surface area contributed by atoms with Crippen LogP contribution in [-0.2, 0) is 0 Å². The molecule has 8 heavy (non-hydrogen) atoms. The normalized spacial score (nSPS) is 20.0. The van der Waals surface area contributed by atoms with Crippen LogP contribution in [0.4, 0.5) is 0 Å². The SMILES string of the molecule is CNC1=CNN(S)S1. The van der Waals surface area contributed by atoms with Crippen LogP contribution < -0.4 is 10.7 Å². The van der Waals surface area contributed by atoms with Gasteiger partial charge < -0.3 is 10.7 Å². The van der Waals surface area contributed by atoms with E-state index in [4.69, 9.17) is 0 Å². The molecule has 1 aliphatic rings. The quantitative estimate of drug-likeness (QED) is 0.370. The second-order valence-corrected chi connectivity index (χ2v) is 2.91. The third-order valence-electron chi connectivity index (χ3n) is 0.737. The summed E-state index contributed by atoms with van der Waals surface area (Å²) in [6.07, 6.45) is 1.84. The van der Waals surface area contributed by atoms with E-state index >= 15 is 0 Å². The Morgan fingerprint density at radius 2 is 2.75 bits per heavy atom. The first-order chi connectivity index (χ1) is 3.83. The number of rotatable bonds is 1. The lowest BCUT2D eigenvalue weighted by Crippen LogP contribution is -2.10. The summed E-state index contributed by atoms with van der Waals surface area (Å²) in [5, 5.41) is 4.03. The van der Waals surface area contributed by atoms with Crippen LogP contribution in [0.1, 0.15) is 0 Å². The lowest BCUT2D eigenvalue weighted by Gasteiger charge is -2.02. The van der Waals surface area contributed by atoms with Crippen molar-refractivity contribution in [2.24, 2.45) is 0 Å². The Morgan fingerprint density at radius 1 is 2.00 bits per heavy atom. The lowest BCUT2D eigenvalue weighted by molar-refractivity contribution is 0.675. The molecule has 0 saturated heterocycles. The van der Waals surface area contributed by atoms with Gasteiger partial charge in [-0.2, -0.15) is 0 Å². The predicted molar refractivity (Wildman–Crippen MR) is 38.7 cm³/mol. The van der Waals surface area contributed by atoms with Crippen molar-refractivity contribution < 1.29 is 0 Å². The zero-order valence-corrected chi connectivity index (χ0v) is 6.09. The monoisotopic (exact) mass is 149 g/mol. The van der Waals surface area contributed by atoms with E-state index in [0.717, 1.165) is 5.03 Å². The van der Waals surface area contributed by atoms with Crippen molar-refractivity contribution in [3.63, 3.8) is 0 Å². The van der Waals surface area contributed by atoms with Crippen LogP contribution in [0.15, 0.2) is 11.2 Å². The molecular formula is C3H7N3S2. The van der Waals surface area contributed by atoms with Gasteiger partial charge in [0.25, 0.3) is 0 Å². The van der Waals surface area contributed by atoms with Crippen LogP contribution in [0.3, 0.4) is 0 Å². The summed E-state index contributed by atoms with van der Waals surface area (Å²) in [5.41, 5.74) is 2.86. The molecule has 1 aliphatic heterocycles. The summed E-state index contributed by atoms with van der Waals surface area (Å²) in [6.45, 7) is 0. The third kappa shape index (κ3) is 1.24. The fraction of sp³-hybridized carbons (Fsp3) is 0.333. The van der Waals surface area contributed by atoms with E-state index in [0.29, 0.717) is 0 Å². The molecular weight excluding hydrogens is 142 g/mol. The molecule has 1 rings (SSSR count). The second-order valence-electron chi connectivity index (χ2n) is 1.25. The smallest absolute Gasteiger partial charge is 0.103 e. The van der Waals surface area contributed by atoms with Crippen molar-refractivity contribution in [1.82, 2.24) is 14.6 Å². The molecule has 0 aromatic carbocycles. The molecule has 0 radical (unpaired) electrons. The fourth-order valence-corrected chi connectivity index (χ4v) is 1.19. The number of hydrazine groups is 1. The molecule has 1 heterocycles. The average molecular weight is 149 g/mol. The topological polar surface area (TPSA) is 27.3 Å². The molecule has 0 aromatic rings. The highest BCUT2D eigenvalue weighted by Crippen LogP contribution is 2.21. The molecule has 0 saturated carbocycles. The minimum absolute atomic E-state index is 1.07. The highest BCUT2D eigenvalue weighted by Gasteiger charge is 2.07. The van der Waals surface area contributed by atoms with Crippen LogP contribution in [0.25, 0.3) is 0 Å². The minimum atomic E-state index is 1.07. The number of nitrogens with zero attached hydrogens (tertiary/aromatic N) is 1. The summed E-state index contributed by atoms with van der Waals surface area (Å²) in [7, 11) is 1.87. The van der Waals surface area contributed by atoms with Gasteiger partial charge in [0.2, 0.25) is 0 Å². The summed E-state index contributed by atoms with van der Waals surface area (Å²) in [4.78, 5) is 0. The van der Waals surface area contributed by atoms with Crippen LogP contribution >= 0.6 is 24.8 Å². The van der Waals surface area contributed by atoms with E-state index in [9.17, 15) is 0 Å². The van der Waals surface area contributed by atoms with Crippen molar-refractivity contribution in [3.8, 4) is 0 Å². The van der Waals surface area contributed by atoms with Crippen molar-refractivity contribution in [2.75, 3.05) is 7.05 Å². The van der Waals surface area contributed by atoms with Gasteiger partial charge in [-0.25, -0.2) is 0 Å². The second kappa shape index (κ2) is 2.52. The molecule has 0 fully saturated rings. The molecule has 5 heteroatoms. The van der Waals surface area contributed by atoms with Crippen molar-refractivity contribution in [2.45, 2.75) is 0 Å². The van der Waals surface area contributed by atoms with Gasteiger partial charge in [-0.3, -0.25) is 0 Å². The minimum Gasteiger partial charge on any atom is -0.381 e. The summed E-state index contributed by atoms with van der Waals surface area (Å²) in [6, 6.07) is 0. The van der Waals surface area contributed by atoms with Gasteiger partial charge in [0.05, 0.1) is 0 Å². The summed E-state index contributed by atoms with van der Waals surface area (Å²) in [5.74, 6) is 0. The number of thiol groups is 1. The zero-order valence-electron chi connectivity index (χ0n) is 4.38. The molecule has 3 nitrogen and oxygen atoms in total. The average Bonchev–Trinajstić information content (AvgIpc) is 2.14. The van der Waals surface area contributed by atoms with Crippen molar-refractivity contribution in [1.29, 1.82) is 0 Å². The summed E-state index contributed by atoms with van der Waals surface area (Å²) < 4.78 is 1.62. The van der Waals surface area contributed by atoms with Gasteiger partial charge in [0.1, 0.15) is 5.03 Å². The zero-order chi connectivity index (χ0) is 5.98. The van der Waals surface area contributed by atoms with Gasteiger partial charge in [-0.15, -0.1) is 3.82 Å². The Labute approximate surface area is 58.2 Å². The molecule has 2 N–H and O–H groups in total. The Bertz CT molecular complexity index is 113. The first-order valence-electron chi connectivity index (χ1n) is 2.14. The Hall–Kier alpha value is -0.000000000000000111. The van der Waals surface area contributed by atoms with Crippen LogP contribution in [-0.4, -0.2) is 10.9 Å². The van der Waals surface area contributed by atoms with Crippen LogP contribution in [0, 0.1) is 0 Å². The van der Waals surface area contributed by atoms with Crippen LogP contribution in [0.2, 0.25) is 0 Å². The van der Waals surface area contributed by atoms with E-state index in [1.807, 2.05) is 13.2 Å². The molecule has 46 valence electrons.